The van der Waals surface area contributed by atoms with E-state index in [2.05, 4.69) is 26.1 Å². The molecule has 0 aromatic heterocycles. The van der Waals surface area contributed by atoms with E-state index in [-0.39, 0.29) is 0 Å². The number of nitrogens with one attached hydrogen (secondary N) is 1. The Bertz CT molecular complexity index is 154. The second-order valence-corrected chi connectivity index (χ2v) is 5.69. The molecule has 1 rings (SSSR count). The summed E-state index contributed by atoms with van der Waals surface area (Å²) >= 11 is 0. The van der Waals surface area contributed by atoms with Gasteiger partial charge in [-0.1, -0.05) is 33.6 Å². The van der Waals surface area contributed by atoms with Gasteiger partial charge < -0.3 is 11.1 Å². The molecule has 1 unspecified atom stereocenters. The SMILES string of the molecule is CC(C)(C)C(CN)CNC1CCCC1. The lowest BCUT2D eigenvalue weighted by Gasteiger charge is -2.31. The minimum absolute atomic E-state index is 0.334. The molecule has 2 heteroatoms. The molecular formula is C12H26N2. The second-order valence-electron chi connectivity index (χ2n) is 5.69. The van der Waals surface area contributed by atoms with E-state index in [4.69, 9.17) is 5.73 Å². The van der Waals surface area contributed by atoms with Crippen molar-refractivity contribution >= 4 is 0 Å². The summed E-state index contributed by atoms with van der Waals surface area (Å²) in [6.45, 7) is 8.72. The average molecular weight is 198 g/mol. The third-order valence-corrected chi connectivity index (χ3v) is 3.52. The fraction of sp³-hybridized carbons (Fsp3) is 1.00. The van der Waals surface area contributed by atoms with Gasteiger partial charge in [0.2, 0.25) is 0 Å². The summed E-state index contributed by atoms with van der Waals surface area (Å²) in [5, 5.41) is 3.66. The van der Waals surface area contributed by atoms with Crippen LogP contribution in [-0.4, -0.2) is 19.1 Å². The first-order chi connectivity index (χ1) is 6.54. The van der Waals surface area contributed by atoms with E-state index in [1.165, 1.54) is 25.7 Å². The van der Waals surface area contributed by atoms with Crippen LogP contribution in [0.3, 0.4) is 0 Å². The smallest absolute Gasteiger partial charge is 0.00671 e. The van der Waals surface area contributed by atoms with Crippen molar-refractivity contribution in [2.24, 2.45) is 17.1 Å². The van der Waals surface area contributed by atoms with Crippen LogP contribution in [0.25, 0.3) is 0 Å². The van der Waals surface area contributed by atoms with Crippen LogP contribution >= 0.6 is 0 Å². The van der Waals surface area contributed by atoms with Crippen LogP contribution in [0.2, 0.25) is 0 Å². The van der Waals surface area contributed by atoms with E-state index in [9.17, 15) is 0 Å². The summed E-state index contributed by atoms with van der Waals surface area (Å²) in [5.74, 6) is 0.600. The molecule has 0 radical (unpaired) electrons. The summed E-state index contributed by atoms with van der Waals surface area (Å²) in [6.07, 6.45) is 5.53. The molecular weight excluding hydrogens is 172 g/mol. The van der Waals surface area contributed by atoms with E-state index in [1.807, 2.05) is 0 Å². The van der Waals surface area contributed by atoms with Gasteiger partial charge in [-0.3, -0.25) is 0 Å². The van der Waals surface area contributed by atoms with Gasteiger partial charge in [-0.05, 0) is 37.3 Å². The lowest BCUT2D eigenvalue weighted by atomic mass is 9.80. The minimum atomic E-state index is 0.334. The predicted molar refractivity (Wildman–Crippen MR) is 62.3 cm³/mol. The Kier molecular flexibility index (Phi) is 4.39. The minimum Gasteiger partial charge on any atom is -0.330 e. The van der Waals surface area contributed by atoms with Crippen molar-refractivity contribution < 1.29 is 0 Å². The molecule has 0 saturated heterocycles. The zero-order valence-electron chi connectivity index (χ0n) is 9.97. The Morgan fingerprint density at radius 1 is 1.29 bits per heavy atom. The summed E-state index contributed by atoms with van der Waals surface area (Å²) in [5.41, 5.74) is 6.14. The lowest BCUT2D eigenvalue weighted by Crippen LogP contribution is -2.40. The molecule has 0 amide bonds. The highest BCUT2D eigenvalue weighted by atomic mass is 14.9. The Balaban J connectivity index is 2.26. The highest BCUT2D eigenvalue weighted by Crippen LogP contribution is 2.25. The molecule has 0 heterocycles. The Morgan fingerprint density at radius 2 is 1.86 bits per heavy atom. The van der Waals surface area contributed by atoms with Crippen molar-refractivity contribution in [2.75, 3.05) is 13.1 Å². The zero-order valence-corrected chi connectivity index (χ0v) is 9.97. The molecule has 14 heavy (non-hydrogen) atoms. The second kappa shape index (κ2) is 5.13. The van der Waals surface area contributed by atoms with Gasteiger partial charge in [0.25, 0.3) is 0 Å². The van der Waals surface area contributed by atoms with Crippen LogP contribution < -0.4 is 11.1 Å². The molecule has 0 aromatic rings. The molecule has 0 spiro atoms. The first-order valence-corrected chi connectivity index (χ1v) is 5.97. The lowest BCUT2D eigenvalue weighted by molar-refractivity contribution is 0.232. The molecule has 0 aromatic carbocycles. The molecule has 0 bridgehead atoms. The Hall–Kier alpha value is -0.0800. The summed E-state index contributed by atoms with van der Waals surface area (Å²) in [6, 6.07) is 0.770. The van der Waals surface area contributed by atoms with Gasteiger partial charge in [0.15, 0.2) is 0 Å². The highest BCUT2D eigenvalue weighted by Gasteiger charge is 2.24. The number of hydrogen-bond donors (Lipinski definition) is 2. The van der Waals surface area contributed by atoms with E-state index in [1.54, 1.807) is 0 Å². The van der Waals surface area contributed by atoms with E-state index < -0.39 is 0 Å². The number of hydrogen-bond acceptors (Lipinski definition) is 2. The topological polar surface area (TPSA) is 38.0 Å². The first kappa shape index (κ1) is 12.0. The molecule has 1 atom stereocenters. The predicted octanol–water partition coefficient (Wildman–Crippen LogP) is 2.14. The maximum Gasteiger partial charge on any atom is 0.00671 e. The maximum absolute atomic E-state index is 5.80. The molecule has 1 aliphatic rings. The quantitative estimate of drug-likeness (QED) is 0.726. The van der Waals surface area contributed by atoms with Crippen molar-refractivity contribution in [1.82, 2.24) is 5.32 Å². The van der Waals surface area contributed by atoms with Gasteiger partial charge in [-0.15, -0.1) is 0 Å². The molecule has 1 saturated carbocycles. The number of rotatable bonds is 4. The molecule has 0 aliphatic heterocycles. The van der Waals surface area contributed by atoms with Crippen molar-refractivity contribution in [2.45, 2.75) is 52.5 Å². The van der Waals surface area contributed by atoms with Crippen LogP contribution in [0.15, 0.2) is 0 Å². The fourth-order valence-corrected chi connectivity index (χ4v) is 2.18. The normalized spacial score (nSPS) is 21.4. The molecule has 1 fully saturated rings. The molecule has 1 aliphatic carbocycles. The zero-order chi connectivity index (χ0) is 10.6. The third-order valence-electron chi connectivity index (χ3n) is 3.52. The Labute approximate surface area is 88.6 Å². The van der Waals surface area contributed by atoms with Gasteiger partial charge in [0.05, 0.1) is 0 Å². The molecule has 84 valence electrons. The van der Waals surface area contributed by atoms with Crippen LogP contribution in [0.5, 0.6) is 0 Å². The summed E-state index contributed by atoms with van der Waals surface area (Å²) in [7, 11) is 0. The van der Waals surface area contributed by atoms with Gasteiger partial charge in [-0.25, -0.2) is 0 Å². The van der Waals surface area contributed by atoms with Crippen molar-refractivity contribution in [3.63, 3.8) is 0 Å². The van der Waals surface area contributed by atoms with Crippen molar-refractivity contribution in [3.8, 4) is 0 Å². The van der Waals surface area contributed by atoms with E-state index in [0.29, 0.717) is 11.3 Å². The van der Waals surface area contributed by atoms with Gasteiger partial charge >= 0.3 is 0 Å². The average Bonchev–Trinajstić information content (AvgIpc) is 2.55. The van der Waals surface area contributed by atoms with Crippen LogP contribution in [0, 0.1) is 11.3 Å². The Morgan fingerprint density at radius 3 is 2.29 bits per heavy atom. The summed E-state index contributed by atoms with van der Waals surface area (Å²) < 4.78 is 0. The first-order valence-electron chi connectivity index (χ1n) is 5.97. The maximum atomic E-state index is 5.80. The van der Waals surface area contributed by atoms with Crippen LogP contribution in [0.4, 0.5) is 0 Å². The highest BCUT2D eigenvalue weighted by molar-refractivity contribution is 4.80. The van der Waals surface area contributed by atoms with Crippen molar-refractivity contribution in [3.05, 3.63) is 0 Å². The largest absolute Gasteiger partial charge is 0.330 e. The summed E-state index contributed by atoms with van der Waals surface area (Å²) in [4.78, 5) is 0. The van der Waals surface area contributed by atoms with Crippen LogP contribution in [-0.2, 0) is 0 Å². The molecule has 3 N–H and O–H groups in total. The third kappa shape index (κ3) is 3.58. The van der Waals surface area contributed by atoms with Gasteiger partial charge in [0, 0.05) is 6.04 Å². The van der Waals surface area contributed by atoms with Gasteiger partial charge in [0.1, 0.15) is 0 Å². The molecule has 2 nitrogen and oxygen atoms in total. The van der Waals surface area contributed by atoms with Crippen molar-refractivity contribution in [1.29, 1.82) is 0 Å². The number of nitrogens with two attached hydrogens (primary N) is 1. The standard InChI is InChI=1S/C12H26N2/c1-12(2,3)10(8-13)9-14-11-6-4-5-7-11/h10-11,14H,4-9,13H2,1-3H3. The van der Waals surface area contributed by atoms with Crippen LogP contribution in [0.1, 0.15) is 46.5 Å². The van der Waals surface area contributed by atoms with E-state index in [0.717, 1.165) is 19.1 Å². The monoisotopic (exact) mass is 198 g/mol. The van der Waals surface area contributed by atoms with E-state index >= 15 is 0 Å². The fourth-order valence-electron chi connectivity index (χ4n) is 2.18. The van der Waals surface area contributed by atoms with Gasteiger partial charge in [-0.2, -0.15) is 0 Å².